The Morgan fingerprint density at radius 3 is 2.54 bits per heavy atom. The highest BCUT2D eigenvalue weighted by molar-refractivity contribution is 5.78. The van der Waals surface area contributed by atoms with Gasteiger partial charge in [-0.25, -0.2) is 0 Å². The highest BCUT2D eigenvalue weighted by Gasteiger charge is 2.13. The SMILES string of the molecule is COCC(CCN)NC(=O)C(C)C. The zero-order valence-corrected chi connectivity index (χ0v) is 8.67. The van der Waals surface area contributed by atoms with Gasteiger partial charge in [0.25, 0.3) is 0 Å². The summed E-state index contributed by atoms with van der Waals surface area (Å²) >= 11 is 0. The Kier molecular flexibility index (Phi) is 6.54. The molecule has 4 heteroatoms. The van der Waals surface area contributed by atoms with Crippen LogP contribution >= 0.6 is 0 Å². The summed E-state index contributed by atoms with van der Waals surface area (Å²) in [6, 6.07) is 0.0462. The molecule has 1 atom stereocenters. The van der Waals surface area contributed by atoms with Gasteiger partial charge in [0.1, 0.15) is 0 Å². The van der Waals surface area contributed by atoms with Gasteiger partial charge in [-0.3, -0.25) is 4.79 Å². The van der Waals surface area contributed by atoms with Crippen LogP contribution in [0.25, 0.3) is 0 Å². The second-order valence-electron chi connectivity index (χ2n) is 3.39. The van der Waals surface area contributed by atoms with Gasteiger partial charge in [-0.15, -0.1) is 0 Å². The van der Waals surface area contributed by atoms with Crippen LogP contribution in [-0.4, -0.2) is 32.2 Å². The highest BCUT2D eigenvalue weighted by Crippen LogP contribution is 1.96. The van der Waals surface area contributed by atoms with Gasteiger partial charge in [0.2, 0.25) is 5.91 Å². The fourth-order valence-corrected chi connectivity index (χ4v) is 0.967. The number of ether oxygens (including phenoxy) is 1. The molecule has 0 aliphatic carbocycles. The molecule has 0 saturated heterocycles. The molecule has 0 spiro atoms. The van der Waals surface area contributed by atoms with E-state index in [4.69, 9.17) is 10.5 Å². The van der Waals surface area contributed by atoms with Crippen molar-refractivity contribution in [3.8, 4) is 0 Å². The topological polar surface area (TPSA) is 64.3 Å². The monoisotopic (exact) mass is 188 g/mol. The molecule has 0 rings (SSSR count). The van der Waals surface area contributed by atoms with Gasteiger partial charge >= 0.3 is 0 Å². The highest BCUT2D eigenvalue weighted by atomic mass is 16.5. The van der Waals surface area contributed by atoms with Crippen LogP contribution in [0.2, 0.25) is 0 Å². The van der Waals surface area contributed by atoms with E-state index in [1.165, 1.54) is 0 Å². The first-order valence-corrected chi connectivity index (χ1v) is 4.61. The van der Waals surface area contributed by atoms with E-state index in [0.717, 1.165) is 6.42 Å². The molecule has 0 fully saturated rings. The molecule has 0 aliphatic rings. The summed E-state index contributed by atoms with van der Waals surface area (Å²) < 4.78 is 4.97. The fourth-order valence-electron chi connectivity index (χ4n) is 0.967. The molecule has 3 N–H and O–H groups in total. The summed E-state index contributed by atoms with van der Waals surface area (Å²) in [6.07, 6.45) is 0.756. The first-order valence-electron chi connectivity index (χ1n) is 4.61. The number of nitrogens with one attached hydrogen (secondary N) is 1. The third-order valence-corrected chi connectivity index (χ3v) is 1.75. The Morgan fingerprint density at radius 2 is 2.15 bits per heavy atom. The number of carbonyl (C=O) groups is 1. The van der Waals surface area contributed by atoms with Gasteiger partial charge < -0.3 is 15.8 Å². The van der Waals surface area contributed by atoms with Crippen molar-refractivity contribution in [1.82, 2.24) is 5.32 Å². The summed E-state index contributed by atoms with van der Waals surface area (Å²) in [4.78, 5) is 11.3. The summed E-state index contributed by atoms with van der Waals surface area (Å²) in [6.45, 7) is 4.81. The second-order valence-corrected chi connectivity index (χ2v) is 3.39. The number of amides is 1. The van der Waals surface area contributed by atoms with Gasteiger partial charge in [0.15, 0.2) is 0 Å². The predicted octanol–water partition coefficient (Wildman–Crippen LogP) is 0.122. The number of methoxy groups -OCH3 is 1. The molecule has 78 valence electrons. The van der Waals surface area contributed by atoms with Crippen LogP contribution < -0.4 is 11.1 Å². The van der Waals surface area contributed by atoms with Crippen molar-refractivity contribution in [2.24, 2.45) is 11.7 Å². The third kappa shape index (κ3) is 5.60. The summed E-state index contributed by atoms with van der Waals surface area (Å²) in [5.74, 6) is 0.0626. The van der Waals surface area contributed by atoms with Crippen molar-refractivity contribution in [3.05, 3.63) is 0 Å². The minimum atomic E-state index is 0.0112. The lowest BCUT2D eigenvalue weighted by molar-refractivity contribution is -0.125. The van der Waals surface area contributed by atoms with Crippen molar-refractivity contribution >= 4 is 5.91 Å². The van der Waals surface area contributed by atoms with E-state index in [9.17, 15) is 4.79 Å². The van der Waals surface area contributed by atoms with Crippen LogP contribution in [0, 0.1) is 5.92 Å². The molecule has 1 unspecified atom stereocenters. The smallest absolute Gasteiger partial charge is 0.222 e. The van der Waals surface area contributed by atoms with Crippen molar-refractivity contribution in [1.29, 1.82) is 0 Å². The Balaban J connectivity index is 3.86. The van der Waals surface area contributed by atoms with Crippen molar-refractivity contribution in [2.45, 2.75) is 26.3 Å². The lowest BCUT2D eigenvalue weighted by atomic mass is 10.1. The van der Waals surface area contributed by atoms with E-state index in [2.05, 4.69) is 5.32 Å². The predicted molar refractivity (Wildman–Crippen MR) is 52.3 cm³/mol. The molecule has 0 aromatic carbocycles. The van der Waals surface area contributed by atoms with E-state index in [-0.39, 0.29) is 17.9 Å². The molecule has 0 aromatic rings. The van der Waals surface area contributed by atoms with Gasteiger partial charge in [0.05, 0.1) is 12.6 Å². The zero-order chi connectivity index (χ0) is 10.3. The molecule has 0 bridgehead atoms. The number of rotatable bonds is 6. The van der Waals surface area contributed by atoms with E-state index in [1.54, 1.807) is 7.11 Å². The van der Waals surface area contributed by atoms with Crippen LogP contribution in [0.1, 0.15) is 20.3 Å². The largest absolute Gasteiger partial charge is 0.383 e. The standard InChI is InChI=1S/C9H20N2O2/c1-7(2)9(12)11-8(4-5-10)6-13-3/h7-8H,4-6,10H2,1-3H3,(H,11,12). The van der Waals surface area contributed by atoms with Crippen LogP contribution in [-0.2, 0) is 9.53 Å². The Labute approximate surface area is 79.8 Å². The quantitative estimate of drug-likeness (QED) is 0.622. The van der Waals surface area contributed by atoms with Gasteiger partial charge in [-0.2, -0.15) is 0 Å². The molecular weight excluding hydrogens is 168 g/mol. The molecule has 13 heavy (non-hydrogen) atoms. The maximum Gasteiger partial charge on any atom is 0.222 e. The number of nitrogens with two attached hydrogens (primary N) is 1. The summed E-state index contributed by atoms with van der Waals surface area (Å²) in [5, 5.41) is 2.87. The molecule has 4 nitrogen and oxygen atoms in total. The number of hydrogen-bond acceptors (Lipinski definition) is 3. The van der Waals surface area contributed by atoms with E-state index in [1.807, 2.05) is 13.8 Å². The Bertz CT molecular complexity index is 143. The van der Waals surface area contributed by atoms with Crippen LogP contribution in [0.3, 0.4) is 0 Å². The van der Waals surface area contributed by atoms with E-state index < -0.39 is 0 Å². The first kappa shape index (κ1) is 12.4. The zero-order valence-electron chi connectivity index (χ0n) is 8.67. The van der Waals surface area contributed by atoms with Crippen LogP contribution in [0.5, 0.6) is 0 Å². The van der Waals surface area contributed by atoms with Gasteiger partial charge in [0, 0.05) is 13.0 Å². The van der Waals surface area contributed by atoms with Crippen molar-refractivity contribution in [2.75, 3.05) is 20.3 Å². The molecule has 0 saturated carbocycles. The normalized spacial score (nSPS) is 13.0. The number of carbonyl (C=O) groups excluding carboxylic acids is 1. The first-order chi connectivity index (χ1) is 6.11. The molecule has 0 aliphatic heterocycles. The summed E-state index contributed by atoms with van der Waals surface area (Å²) in [5.41, 5.74) is 5.40. The Morgan fingerprint density at radius 1 is 1.54 bits per heavy atom. The Hall–Kier alpha value is -0.610. The van der Waals surface area contributed by atoms with Crippen LogP contribution in [0.4, 0.5) is 0 Å². The van der Waals surface area contributed by atoms with E-state index in [0.29, 0.717) is 13.2 Å². The maximum absolute atomic E-state index is 11.3. The molecule has 0 heterocycles. The third-order valence-electron chi connectivity index (χ3n) is 1.75. The average Bonchev–Trinajstić information content (AvgIpc) is 2.05. The average molecular weight is 188 g/mol. The minimum absolute atomic E-state index is 0.0112. The molecule has 1 amide bonds. The van der Waals surface area contributed by atoms with E-state index >= 15 is 0 Å². The minimum Gasteiger partial charge on any atom is -0.383 e. The van der Waals surface area contributed by atoms with Gasteiger partial charge in [-0.1, -0.05) is 13.8 Å². The van der Waals surface area contributed by atoms with Crippen molar-refractivity contribution < 1.29 is 9.53 Å². The van der Waals surface area contributed by atoms with Gasteiger partial charge in [-0.05, 0) is 13.0 Å². The maximum atomic E-state index is 11.3. The lowest BCUT2D eigenvalue weighted by Crippen LogP contribution is -2.41. The molecule has 0 aromatic heterocycles. The fraction of sp³-hybridized carbons (Fsp3) is 0.889. The molecular formula is C9H20N2O2. The lowest BCUT2D eigenvalue weighted by Gasteiger charge is -2.18. The molecule has 0 radical (unpaired) electrons. The summed E-state index contributed by atoms with van der Waals surface area (Å²) in [7, 11) is 1.62. The van der Waals surface area contributed by atoms with Crippen molar-refractivity contribution in [3.63, 3.8) is 0 Å². The number of hydrogen-bond donors (Lipinski definition) is 2. The van der Waals surface area contributed by atoms with Crippen LogP contribution in [0.15, 0.2) is 0 Å². The second kappa shape index (κ2) is 6.86.